The second-order valence-electron chi connectivity index (χ2n) is 7.04. The van der Waals surface area contributed by atoms with Crippen LogP contribution in [0.1, 0.15) is 34.5 Å². The summed E-state index contributed by atoms with van der Waals surface area (Å²) < 4.78 is 26.9. The van der Waals surface area contributed by atoms with E-state index in [9.17, 15) is 18.0 Å². The highest BCUT2D eigenvalue weighted by Crippen LogP contribution is 2.15. The van der Waals surface area contributed by atoms with Gasteiger partial charge in [-0.05, 0) is 54.8 Å². The molecule has 0 bridgehead atoms. The zero-order chi connectivity index (χ0) is 23.0. The van der Waals surface area contributed by atoms with Gasteiger partial charge in [0, 0.05) is 18.3 Å². The lowest BCUT2D eigenvalue weighted by Crippen LogP contribution is -2.30. The van der Waals surface area contributed by atoms with Crippen molar-refractivity contribution >= 4 is 27.5 Å². The van der Waals surface area contributed by atoms with Crippen LogP contribution in [0.4, 0.5) is 5.69 Å². The molecule has 3 aromatic rings. The van der Waals surface area contributed by atoms with E-state index in [1.54, 1.807) is 0 Å². The van der Waals surface area contributed by atoms with Crippen molar-refractivity contribution in [2.45, 2.75) is 30.8 Å². The molecule has 8 nitrogen and oxygen atoms in total. The highest BCUT2D eigenvalue weighted by atomic mass is 32.2. The molecule has 2 aromatic carbocycles. The number of aryl methyl sites for hydroxylation is 1. The summed E-state index contributed by atoms with van der Waals surface area (Å²) in [5.74, 6) is -0.999. The topological polar surface area (TPSA) is 125 Å². The van der Waals surface area contributed by atoms with Gasteiger partial charge in [-0.15, -0.1) is 0 Å². The molecule has 0 atom stereocenters. The summed E-state index contributed by atoms with van der Waals surface area (Å²) in [6, 6.07) is 18.2. The second kappa shape index (κ2) is 10.7. The number of pyridine rings is 1. The minimum absolute atomic E-state index is 0.0464. The molecule has 3 N–H and O–H groups in total. The molecule has 0 unspecified atom stereocenters. The molecule has 3 rings (SSSR count). The summed E-state index contributed by atoms with van der Waals surface area (Å²) in [4.78, 5) is 28.1. The Bertz CT molecular complexity index is 1160. The van der Waals surface area contributed by atoms with Gasteiger partial charge >= 0.3 is 0 Å². The molecule has 0 spiro atoms. The summed E-state index contributed by atoms with van der Waals surface area (Å²) in [5, 5.41) is 11.7. The van der Waals surface area contributed by atoms with Crippen molar-refractivity contribution in [1.29, 1.82) is 0 Å². The molecular formula is C23H23N3O5S. The predicted molar refractivity (Wildman–Crippen MR) is 119 cm³/mol. The van der Waals surface area contributed by atoms with Crippen LogP contribution in [-0.2, 0) is 27.8 Å². The smallest absolute Gasteiger partial charge is 0.266 e. The van der Waals surface area contributed by atoms with Crippen LogP contribution in [-0.4, -0.2) is 30.3 Å². The fourth-order valence-electron chi connectivity index (χ4n) is 2.93. The van der Waals surface area contributed by atoms with Crippen LogP contribution in [0.15, 0.2) is 77.8 Å². The van der Waals surface area contributed by atoms with Gasteiger partial charge in [0.2, 0.25) is 5.91 Å². The van der Waals surface area contributed by atoms with Gasteiger partial charge in [0.15, 0.2) is 0 Å². The molecule has 0 fully saturated rings. The van der Waals surface area contributed by atoms with E-state index in [4.69, 9.17) is 5.11 Å². The SMILES string of the molecule is O=C(CCCc1ccccc1)Nc1ccc(S(=O)(=O)NC(=O)c2ccc(CO)nc2)cc1. The fraction of sp³-hybridized carbons (Fsp3) is 0.174. The number of rotatable bonds is 9. The number of amides is 2. The van der Waals surface area contributed by atoms with E-state index < -0.39 is 15.9 Å². The Kier molecular flexibility index (Phi) is 7.69. The fourth-order valence-corrected chi connectivity index (χ4v) is 3.91. The number of aromatic nitrogens is 1. The third kappa shape index (κ3) is 6.47. The Balaban J connectivity index is 1.54. The van der Waals surface area contributed by atoms with E-state index in [0.29, 0.717) is 24.2 Å². The van der Waals surface area contributed by atoms with Gasteiger partial charge in [-0.1, -0.05) is 30.3 Å². The molecule has 0 aliphatic heterocycles. The van der Waals surface area contributed by atoms with Crippen LogP contribution in [0.2, 0.25) is 0 Å². The minimum atomic E-state index is -4.10. The van der Waals surface area contributed by atoms with E-state index in [1.807, 2.05) is 35.1 Å². The first-order valence-corrected chi connectivity index (χ1v) is 11.4. The maximum absolute atomic E-state index is 12.5. The van der Waals surface area contributed by atoms with Gasteiger partial charge in [0.25, 0.3) is 15.9 Å². The normalized spacial score (nSPS) is 11.0. The van der Waals surface area contributed by atoms with Crippen molar-refractivity contribution in [3.8, 4) is 0 Å². The largest absolute Gasteiger partial charge is 0.390 e. The second-order valence-corrected chi connectivity index (χ2v) is 8.73. The summed E-state index contributed by atoms with van der Waals surface area (Å²) in [7, 11) is -4.10. The number of aliphatic hydroxyl groups is 1. The van der Waals surface area contributed by atoms with E-state index in [-0.39, 0.29) is 23.0 Å². The molecule has 2 amide bonds. The molecule has 1 heterocycles. The van der Waals surface area contributed by atoms with Crippen molar-refractivity contribution in [3.05, 3.63) is 89.7 Å². The van der Waals surface area contributed by atoms with E-state index in [0.717, 1.165) is 12.0 Å². The zero-order valence-electron chi connectivity index (χ0n) is 17.2. The molecule has 0 aliphatic rings. The summed E-state index contributed by atoms with van der Waals surface area (Å²) in [6.45, 7) is -0.282. The van der Waals surface area contributed by atoms with Gasteiger partial charge in [0.1, 0.15) is 0 Å². The lowest BCUT2D eigenvalue weighted by Gasteiger charge is -2.09. The average Bonchev–Trinajstić information content (AvgIpc) is 2.80. The van der Waals surface area contributed by atoms with Gasteiger partial charge in [-0.3, -0.25) is 14.6 Å². The molecule has 1 aromatic heterocycles. The van der Waals surface area contributed by atoms with E-state index >= 15 is 0 Å². The van der Waals surface area contributed by atoms with Crippen molar-refractivity contribution in [3.63, 3.8) is 0 Å². The number of nitrogens with one attached hydrogen (secondary N) is 2. The van der Waals surface area contributed by atoms with Crippen LogP contribution in [0.25, 0.3) is 0 Å². The maximum Gasteiger partial charge on any atom is 0.266 e. The first kappa shape index (κ1) is 23.1. The number of benzene rings is 2. The average molecular weight is 454 g/mol. The molecule has 166 valence electrons. The molecule has 9 heteroatoms. The molecule has 0 radical (unpaired) electrons. The quantitative estimate of drug-likeness (QED) is 0.457. The van der Waals surface area contributed by atoms with Crippen molar-refractivity contribution in [2.24, 2.45) is 0 Å². The molecule has 0 saturated heterocycles. The van der Waals surface area contributed by atoms with E-state index in [2.05, 4.69) is 10.3 Å². The molecule has 0 aliphatic carbocycles. The van der Waals surface area contributed by atoms with Crippen molar-refractivity contribution in [2.75, 3.05) is 5.32 Å². The Morgan fingerprint density at radius 2 is 1.66 bits per heavy atom. The van der Waals surface area contributed by atoms with Crippen LogP contribution in [0, 0.1) is 0 Å². The minimum Gasteiger partial charge on any atom is -0.390 e. The van der Waals surface area contributed by atoms with Gasteiger partial charge in [-0.25, -0.2) is 13.1 Å². The standard InChI is InChI=1S/C23H23N3O5S/c27-16-20-10-9-18(15-24-20)23(29)26-32(30,31)21-13-11-19(12-14-21)25-22(28)8-4-7-17-5-2-1-3-6-17/h1-3,5-6,9-15,27H,4,7-8,16H2,(H,25,28)(H,26,29). The first-order chi connectivity index (χ1) is 15.4. The first-order valence-electron chi connectivity index (χ1n) is 9.94. The molecule has 32 heavy (non-hydrogen) atoms. The van der Waals surface area contributed by atoms with Crippen LogP contribution >= 0.6 is 0 Å². The Morgan fingerprint density at radius 1 is 0.938 bits per heavy atom. The van der Waals surface area contributed by atoms with Crippen LogP contribution < -0.4 is 10.0 Å². The highest BCUT2D eigenvalue weighted by molar-refractivity contribution is 7.90. The van der Waals surface area contributed by atoms with Crippen LogP contribution in [0.3, 0.4) is 0 Å². The third-order valence-corrected chi connectivity index (χ3v) is 5.98. The summed E-state index contributed by atoms with van der Waals surface area (Å²) in [5.41, 5.74) is 2.04. The number of sulfonamides is 1. The highest BCUT2D eigenvalue weighted by Gasteiger charge is 2.19. The predicted octanol–water partition coefficient (Wildman–Crippen LogP) is 2.65. The van der Waals surface area contributed by atoms with E-state index in [1.165, 1.54) is 42.6 Å². The van der Waals surface area contributed by atoms with Gasteiger partial charge in [-0.2, -0.15) is 0 Å². The Morgan fingerprint density at radius 3 is 2.28 bits per heavy atom. The Labute approximate surface area is 186 Å². The maximum atomic E-state index is 12.5. The third-order valence-electron chi connectivity index (χ3n) is 4.64. The van der Waals surface area contributed by atoms with Crippen molar-refractivity contribution < 1.29 is 23.1 Å². The van der Waals surface area contributed by atoms with Gasteiger partial charge < -0.3 is 10.4 Å². The number of carbonyl (C=O) groups excluding carboxylic acids is 2. The number of hydrogen-bond donors (Lipinski definition) is 3. The number of carbonyl (C=O) groups is 2. The number of aliphatic hydroxyl groups excluding tert-OH is 1. The summed E-state index contributed by atoms with van der Waals surface area (Å²) in [6.07, 6.45) is 3.02. The lowest BCUT2D eigenvalue weighted by molar-refractivity contribution is -0.116. The lowest BCUT2D eigenvalue weighted by atomic mass is 10.1. The summed E-state index contributed by atoms with van der Waals surface area (Å²) >= 11 is 0. The zero-order valence-corrected chi connectivity index (χ0v) is 18.0. The Hall–Kier alpha value is -3.56. The monoisotopic (exact) mass is 453 g/mol. The van der Waals surface area contributed by atoms with Gasteiger partial charge in [0.05, 0.1) is 22.8 Å². The number of anilines is 1. The van der Waals surface area contributed by atoms with Crippen LogP contribution in [0.5, 0.6) is 0 Å². The number of nitrogens with zero attached hydrogens (tertiary/aromatic N) is 1. The molecule has 0 saturated carbocycles. The van der Waals surface area contributed by atoms with Crippen molar-refractivity contribution in [1.82, 2.24) is 9.71 Å². The number of hydrogen-bond acceptors (Lipinski definition) is 6. The molecular weight excluding hydrogens is 430 g/mol.